The molecule has 0 radical (unpaired) electrons. The molecule has 2 amide bonds. The van der Waals surface area contributed by atoms with Gasteiger partial charge in [-0.15, -0.1) is 0 Å². The van der Waals surface area contributed by atoms with Gasteiger partial charge in [0, 0.05) is 18.4 Å². The third-order valence-corrected chi connectivity index (χ3v) is 5.67. The molecule has 0 saturated heterocycles. The van der Waals surface area contributed by atoms with Crippen LogP contribution in [0, 0.1) is 0 Å². The number of nitrogens with two attached hydrogens (primary N) is 1. The largest absolute Gasteiger partial charge is 0.488 e. The Hall–Kier alpha value is -3.65. The lowest BCUT2D eigenvalue weighted by molar-refractivity contribution is 0.0949. The molecular formula is C23H22N2O5S. The fourth-order valence-corrected chi connectivity index (χ4v) is 3.53. The average molecular weight is 439 g/mol. The molecular weight excluding hydrogens is 416 g/mol. The number of carbonyl (C=O) groups excluding carboxylic acids is 2. The molecule has 0 fully saturated rings. The highest BCUT2D eigenvalue weighted by molar-refractivity contribution is 7.90. The predicted octanol–water partition coefficient (Wildman–Crippen LogP) is 2.70. The van der Waals surface area contributed by atoms with Crippen LogP contribution in [-0.4, -0.2) is 26.5 Å². The van der Waals surface area contributed by atoms with Gasteiger partial charge in [0.1, 0.15) is 12.4 Å². The van der Waals surface area contributed by atoms with Gasteiger partial charge in [-0.2, -0.15) is 0 Å². The summed E-state index contributed by atoms with van der Waals surface area (Å²) in [6.45, 7) is 0.425. The summed E-state index contributed by atoms with van der Waals surface area (Å²) >= 11 is 0. The highest BCUT2D eigenvalue weighted by Gasteiger charge is 2.11. The molecule has 3 rings (SSSR count). The quantitative estimate of drug-likeness (QED) is 0.561. The maximum absolute atomic E-state index is 12.5. The van der Waals surface area contributed by atoms with Crippen LogP contribution in [0.5, 0.6) is 5.75 Å². The van der Waals surface area contributed by atoms with Crippen LogP contribution in [0.2, 0.25) is 0 Å². The van der Waals surface area contributed by atoms with E-state index in [-0.39, 0.29) is 24.0 Å². The molecule has 0 aliphatic carbocycles. The molecule has 0 aliphatic rings. The molecule has 0 aliphatic heterocycles. The SMILES string of the molecule is CS(=O)(=O)c1ccc(CNC(=O)c2cccc(COc3ccccc3C(N)=O)c2)cc1. The topological polar surface area (TPSA) is 116 Å². The van der Waals surface area contributed by atoms with Crippen LogP contribution in [0.3, 0.4) is 0 Å². The number of nitrogens with one attached hydrogen (secondary N) is 1. The normalized spacial score (nSPS) is 11.0. The molecule has 3 N–H and O–H groups in total. The zero-order chi connectivity index (χ0) is 22.4. The second-order valence-electron chi connectivity index (χ2n) is 6.95. The van der Waals surface area contributed by atoms with Gasteiger partial charge in [0.2, 0.25) is 0 Å². The number of hydrogen-bond acceptors (Lipinski definition) is 5. The molecule has 0 atom stereocenters. The summed E-state index contributed by atoms with van der Waals surface area (Å²) in [5.74, 6) is -0.470. The van der Waals surface area contributed by atoms with Gasteiger partial charge in [-0.1, -0.05) is 36.4 Å². The summed E-state index contributed by atoms with van der Waals surface area (Å²) in [5, 5.41) is 2.81. The van der Waals surface area contributed by atoms with Crippen molar-refractivity contribution in [2.45, 2.75) is 18.0 Å². The van der Waals surface area contributed by atoms with Crippen LogP contribution in [0.1, 0.15) is 31.8 Å². The van der Waals surface area contributed by atoms with Crippen molar-refractivity contribution in [3.63, 3.8) is 0 Å². The van der Waals surface area contributed by atoms with Gasteiger partial charge in [0.05, 0.1) is 10.5 Å². The number of ether oxygens (including phenoxy) is 1. The van der Waals surface area contributed by atoms with Gasteiger partial charge < -0.3 is 15.8 Å². The first-order valence-corrected chi connectivity index (χ1v) is 11.3. The van der Waals surface area contributed by atoms with Gasteiger partial charge in [-0.3, -0.25) is 9.59 Å². The molecule has 8 heteroatoms. The monoisotopic (exact) mass is 438 g/mol. The van der Waals surface area contributed by atoms with Crippen LogP contribution in [0.15, 0.2) is 77.7 Å². The minimum Gasteiger partial charge on any atom is -0.488 e. The van der Waals surface area contributed by atoms with E-state index in [4.69, 9.17) is 10.5 Å². The summed E-state index contributed by atoms with van der Waals surface area (Å²) in [4.78, 5) is 24.2. The number of para-hydroxylation sites is 1. The third kappa shape index (κ3) is 5.93. The Kier molecular flexibility index (Phi) is 6.71. The van der Waals surface area contributed by atoms with Crippen molar-refractivity contribution in [3.05, 3.63) is 95.1 Å². The van der Waals surface area contributed by atoms with Crippen LogP contribution in [0.4, 0.5) is 0 Å². The Balaban J connectivity index is 1.62. The van der Waals surface area contributed by atoms with E-state index in [1.807, 2.05) is 6.07 Å². The van der Waals surface area contributed by atoms with Crippen molar-refractivity contribution in [1.82, 2.24) is 5.32 Å². The molecule has 0 aromatic heterocycles. The number of hydrogen-bond donors (Lipinski definition) is 2. The highest BCUT2D eigenvalue weighted by Crippen LogP contribution is 2.19. The molecule has 3 aromatic carbocycles. The van der Waals surface area contributed by atoms with E-state index >= 15 is 0 Å². The maximum Gasteiger partial charge on any atom is 0.252 e. The zero-order valence-electron chi connectivity index (χ0n) is 16.9. The summed E-state index contributed by atoms with van der Waals surface area (Å²) in [5.41, 5.74) is 7.64. The Morgan fingerprint density at radius 3 is 2.32 bits per heavy atom. The summed E-state index contributed by atoms with van der Waals surface area (Å²) in [6.07, 6.45) is 1.15. The van der Waals surface area contributed by atoms with E-state index in [1.54, 1.807) is 54.6 Å². The van der Waals surface area contributed by atoms with E-state index < -0.39 is 15.7 Å². The fourth-order valence-electron chi connectivity index (χ4n) is 2.90. The van der Waals surface area contributed by atoms with E-state index in [0.29, 0.717) is 16.9 Å². The maximum atomic E-state index is 12.5. The van der Waals surface area contributed by atoms with Gasteiger partial charge in [-0.05, 0) is 47.5 Å². The lowest BCUT2D eigenvalue weighted by Crippen LogP contribution is -2.23. The minimum absolute atomic E-state index is 0.165. The molecule has 3 aromatic rings. The molecule has 0 saturated carbocycles. The molecule has 0 spiro atoms. The van der Waals surface area contributed by atoms with Gasteiger partial charge in [0.15, 0.2) is 9.84 Å². The summed E-state index contributed by atoms with van der Waals surface area (Å²) in [6, 6.07) is 20.0. The lowest BCUT2D eigenvalue weighted by atomic mass is 10.1. The van der Waals surface area contributed by atoms with Crippen molar-refractivity contribution < 1.29 is 22.7 Å². The van der Waals surface area contributed by atoms with Gasteiger partial charge in [-0.25, -0.2) is 8.42 Å². The third-order valence-electron chi connectivity index (χ3n) is 4.54. The van der Waals surface area contributed by atoms with Gasteiger partial charge >= 0.3 is 0 Å². The first kappa shape index (κ1) is 22.0. The molecule has 0 unspecified atom stereocenters. The number of rotatable bonds is 8. The predicted molar refractivity (Wildman–Crippen MR) is 116 cm³/mol. The second kappa shape index (κ2) is 9.44. The highest BCUT2D eigenvalue weighted by atomic mass is 32.2. The number of sulfone groups is 1. The fraction of sp³-hybridized carbons (Fsp3) is 0.130. The molecule has 0 bridgehead atoms. The van der Waals surface area contributed by atoms with Crippen molar-refractivity contribution in [1.29, 1.82) is 0 Å². The number of amides is 2. The number of benzene rings is 3. The van der Waals surface area contributed by atoms with Crippen LogP contribution >= 0.6 is 0 Å². The van der Waals surface area contributed by atoms with Gasteiger partial charge in [0.25, 0.3) is 11.8 Å². The van der Waals surface area contributed by atoms with Crippen molar-refractivity contribution in [2.75, 3.05) is 6.26 Å². The summed E-state index contributed by atoms with van der Waals surface area (Å²) in [7, 11) is -3.26. The molecule has 31 heavy (non-hydrogen) atoms. The number of primary amides is 1. The number of carbonyl (C=O) groups is 2. The molecule has 0 heterocycles. The van der Waals surface area contributed by atoms with Crippen molar-refractivity contribution in [3.8, 4) is 5.75 Å². The van der Waals surface area contributed by atoms with Crippen LogP contribution in [0.25, 0.3) is 0 Å². The lowest BCUT2D eigenvalue weighted by Gasteiger charge is -2.11. The van der Waals surface area contributed by atoms with E-state index in [9.17, 15) is 18.0 Å². The second-order valence-corrected chi connectivity index (χ2v) is 8.96. The molecule has 7 nitrogen and oxygen atoms in total. The first-order valence-electron chi connectivity index (χ1n) is 9.42. The van der Waals surface area contributed by atoms with Crippen molar-refractivity contribution in [2.24, 2.45) is 5.73 Å². The standard InChI is InChI=1S/C23H22N2O5S/c1-31(28,29)19-11-9-16(10-12-19)14-25-23(27)18-6-4-5-17(13-18)15-30-21-8-3-2-7-20(21)22(24)26/h2-13H,14-15H2,1H3,(H2,24,26)(H,25,27). The Morgan fingerprint density at radius 2 is 1.65 bits per heavy atom. The molecule has 160 valence electrons. The van der Waals surface area contributed by atoms with Crippen LogP contribution in [-0.2, 0) is 23.0 Å². The van der Waals surface area contributed by atoms with Crippen LogP contribution < -0.4 is 15.8 Å². The zero-order valence-corrected chi connectivity index (χ0v) is 17.7. The Morgan fingerprint density at radius 1 is 0.935 bits per heavy atom. The Bertz CT molecular complexity index is 1200. The first-order chi connectivity index (χ1) is 14.7. The van der Waals surface area contributed by atoms with Crippen molar-refractivity contribution >= 4 is 21.7 Å². The summed E-state index contributed by atoms with van der Waals surface area (Å²) < 4.78 is 28.7. The minimum atomic E-state index is -3.26. The van der Waals surface area contributed by atoms with E-state index in [1.165, 1.54) is 12.1 Å². The smallest absolute Gasteiger partial charge is 0.252 e. The van der Waals surface area contributed by atoms with E-state index in [0.717, 1.165) is 17.4 Å². The van der Waals surface area contributed by atoms with E-state index in [2.05, 4.69) is 5.32 Å². The average Bonchev–Trinajstić information content (AvgIpc) is 2.76. The Labute approximate surface area is 180 Å².